The molecule has 0 fully saturated rings. The number of nitriles is 1. The van der Waals surface area contributed by atoms with E-state index < -0.39 is 0 Å². The molecule has 0 radical (unpaired) electrons. The van der Waals surface area contributed by atoms with Crippen LogP contribution in [0.5, 0.6) is 0 Å². The Morgan fingerprint density at radius 2 is 2.00 bits per heavy atom. The summed E-state index contributed by atoms with van der Waals surface area (Å²) in [5, 5.41) is 9.10. The van der Waals surface area contributed by atoms with Gasteiger partial charge < -0.3 is 4.90 Å². The summed E-state index contributed by atoms with van der Waals surface area (Å²) in [5.74, 6) is -0.178. The van der Waals surface area contributed by atoms with Crippen LogP contribution in [0.15, 0.2) is 48.7 Å². The van der Waals surface area contributed by atoms with Crippen molar-refractivity contribution in [1.29, 1.82) is 5.26 Å². The Kier molecular flexibility index (Phi) is 4.73. The summed E-state index contributed by atoms with van der Waals surface area (Å²) in [4.78, 5) is 19.1. The Morgan fingerprint density at radius 3 is 2.64 bits per heavy atom. The highest BCUT2D eigenvalue weighted by atomic mass is 35.5. The number of hydrogen-bond donors (Lipinski definition) is 0. The lowest BCUT2D eigenvalue weighted by Gasteiger charge is -2.27. The van der Waals surface area contributed by atoms with Crippen molar-refractivity contribution in [2.45, 2.75) is 26.4 Å². The fourth-order valence-electron chi connectivity index (χ4n) is 2.66. The number of benzene rings is 1. The summed E-state index contributed by atoms with van der Waals surface area (Å²) < 4.78 is 1.71. The summed E-state index contributed by atoms with van der Waals surface area (Å²) in [6, 6.07) is 14.8. The highest BCUT2D eigenvalue weighted by molar-refractivity contribution is 6.32. The van der Waals surface area contributed by atoms with Crippen LogP contribution in [0.25, 0.3) is 5.65 Å². The summed E-state index contributed by atoms with van der Waals surface area (Å²) >= 11 is 6.24. The zero-order valence-corrected chi connectivity index (χ0v) is 14.7. The second-order valence-corrected chi connectivity index (χ2v) is 6.37. The Morgan fingerprint density at radius 1 is 1.28 bits per heavy atom. The molecule has 0 saturated heterocycles. The SMILES string of the molecule is CC(C)N(Cc1ccc(C#N)cc1)C(=O)c1c(Cl)nc2ccccn12. The molecule has 0 aliphatic carbocycles. The number of fused-ring (bicyclic) bond motifs is 1. The van der Waals surface area contributed by atoms with E-state index in [1.165, 1.54) is 0 Å². The zero-order valence-electron chi connectivity index (χ0n) is 14.0. The third-order valence-electron chi connectivity index (χ3n) is 4.01. The maximum atomic E-state index is 13.1. The smallest absolute Gasteiger partial charge is 0.274 e. The first-order chi connectivity index (χ1) is 12.0. The minimum Gasteiger partial charge on any atom is -0.331 e. The minimum absolute atomic E-state index is 0.0199. The fourth-order valence-corrected chi connectivity index (χ4v) is 2.92. The lowest BCUT2D eigenvalue weighted by molar-refractivity contribution is 0.0683. The standard InChI is InChI=1S/C19H17ClN4O/c1-13(2)24(12-15-8-6-14(11-21)7-9-15)19(25)17-18(20)22-16-5-3-4-10-23(16)17/h3-10,13H,12H2,1-2H3. The Labute approximate surface area is 151 Å². The summed E-state index contributed by atoms with van der Waals surface area (Å²) in [7, 11) is 0. The number of pyridine rings is 1. The molecule has 0 aliphatic heterocycles. The number of carbonyl (C=O) groups excluding carboxylic acids is 1. The third kappa shape index (κ3) is 3.35. The number of hydrogen-bond acceptors (Lipinski definition) is 3. The molecule has 25 heavy (non-hydrogen) atoms. The van der Waals surface area contributed by atoms with Crippen molar-refractivity contribution in [3.05, 3.63) is 70.6 Å². The number of rotatable bonds is 4. The summed E-state index contributed by atoms with van der Waals surface area (Å²) in [5.41, 5.74) is 2.54. The number of halogens is 1. The first-order valence-corrected chi connectivity index (χ1v) is 8.31. The van der Waals surface area contributed by atoms with Gasteiger partial charge in [-0.15, -0.1) is 0 Å². The monoisotopic (exact) mass is 352 g/mol. The van der Waals surface area contributed by atoms with Crippen molar-refractivity contribution in [1.82, 2.24) is 14.3 Å². The molecule has 3 rings (SSSR count). The van der Waals surface area contributed by atoms with Gasteiger partial charge in [-0.1, -0.05) is 29.8 Å². The lowest BCUT2D eigenvalue weighted by atomic mass is 10.1. The van der Waals surface area contributed by atoms with Gasteiger partial charge in [0, 0.05) is 18.8 Å². The molecule has 3 aromatic rings. The van der Waals surface area contributed by atoms with E-state index in [1.54, 1.807) is 27.6 Å². The van der Waals surface area contributed by atoms with Crippen LogP contribution in [-0.4, -0.2) is 26.2 Å². The second kappa shape index (κ2) is 6.96. The predicted octanol–water partition coefficient (Wildman–Crippen LogP) is 3.91. The van der Waals surface area contributed by atoms with Gasteiger partial charge in [-0.05, 0) is 43.7 Å². The lowest BCUT2D eigenvalue weighted by Crippen LogP contribution is -2.37. The predicted molar refractivity (Wildman–Crippen MR) is 96.4 cm³/mol. The van der Waals surface area contributed by atoms with Crippen molar-refractivity contribution in [2.75, 3.05) is 0 Å². The molecule has 2 heterocycles. The summed E-state index contributed by atoms with van der Waals surface area (Å²) in [6.07, 6.45) is 1.78. The number of amides is 1. The van der Waals surface area contributed by atoms with Crippen LogP contribution in [0.3, 0.4) is 0 Å². The molecule has 0 bridgehead atoms. The maximum Gasteiger partial charge on any atom is 0.274 e. The van der Waals surface area contributed by atoms with E-state index in [1.807, 2.05) is 44.2 Å². The van der Waals surface area contributed by atoms with E-state index in [9.17, 15) is 4.79 Å². The number of imidazole rings is 1. The molecule has 0 atom stereocenters. The number of nitrogens with zero attached hydrogens (tertiary/aromatic N) is 4. The van der Waals surface area contributed by atoms with Gasteiger partial charge in [-0.3, -0.25) is 9.20 Å². The van der Waals surface area contributed by atoms with Gasteiger partial charge in [-0.25, -0.2) is 4.98 Å². The molecule has 0 spiro atoms. The van der Waals surface area contributed by atoms with E-state index in [4.69, 9.17) is 16.9 Å². The molecule has 2 aromatic heterocycles. The largest absolute Gasteiger partial charge is 0.331 e. The molecule has 5 nitrogen and oxygen atoms in total. The normalized spacial score (nSPS) is 10.8. The van der Waals surface area contributed by atoms with Crippen molar-refractivity contribution < 1.29 is 4.79 Å². The Balaban J connectivity index is 1.95. The first kappa shape index (κ1) is 17.0. The summed E-state index contributed by atoms with van der Waals surface area (Å²) in [6.45, 7) is 4.34. The molecule has 126 valence electrons. The third-order valence-corrected chi connectivity index (χ3v) is 4.27. The molecular formula is C19H17ClN4O. The molecule has 1 amide bonds. The van der Waals surface area contributed by atoms with Crippen LogP contribution >= 0.6 is 11.6 Å². The van der Waals surface area contributed by atoms with Crippen LogP contribution < -0.4 is 0 Å². The van der Waals surface area contributed by atoms with Gasteiger partial charge in [0.15, 0.2) is 10.8 Å². The van der Waals surface area contributed by atoms with Gasteiger partial charge in [-0.2, -0.15) is 5.26 Å². The highest BCUT2D eigenvalue weighted by Crippen LogP contribution is 2.22. The average Bonchev–Trinajstić information content (AvgIpc) is 2.95. The van der Waals surface area contributed by atoms with Crippen molar-refractivity contribution in [2.24, 2.45) is 0 Å². The van der Waals surface area contributed by atoms with Crippen molar-refractivity contribution in [3.63, 3.8) is 0 Å². The molecular weight excluding hydrogens is 336 g/mol. The minimum atomic E-state index is -0.178. The van der Waals surface area contributed by atoms with Crippen LogP contribution in [0.2, 0.25) is 5.15 Å². The first-order valence-electron chi connectivity index (χ1n) is 7.94. The molecule has 0 unspecified atom stereocenters. The van der Waals surface area contributed by atoms with Crippen LogP contribution in [0.1, 0.15) is 35.5 Å². The Bertz CT molecular complexity index is 954. The van der Waals surface area contributed by atoms with Gasteiger partial charge in [0.2, 0.25) is 0 Å². The van der Waals surface area contributed by atoms with E-state index in [2.05, 4.69) is 11.1 Å². The topological polar surface area (TPSA) is 61.4 Å². The van der Waals surface area contributed by atoms with Crippen molar-refractivity contribution in [3.8, 4) is 6.07 Å². The zero-order chi connectivity index (χ0) is 18.0. The molecule has 0 N–H and O–H groups in total. The van der Waals surface area contributed by atoms with Crippen LogP contribution in [0, 0.1) is 11.3 Å². The number of carbonyl (C=O) groups is 1. The van der Waals surface area contributed by atoms with Gasteiger partial charge in [0.25, 0.3) is 5.91 Å². The van der Waals surface area contributed by atoms with Crippen LogP contribution in [0.4, 0.5) is 0 Å². The molecule has 6 heteroatoms. The van der Waals surface area contributed by atoms with Gasteiger partial charge in [0.05, 0.1) is 11.6 Å². The molecule has 1 aromatic carbocycles. The number of aromatic nitrogens is 2. The Hall–Kier alpha value is -2.84. The molecule has 0 aliphatic rings. The fraction of sp³-hybridized carbons (Fsp3) is 0.211. The van der Waals surface area contributed by atoms with Crippen LogP contribution in [-0.2, 0) is 6.54 Å². The van der Waals surface area contributed by atoms with Gasteiger partial charge >= 0.3 is 0 Å². The van der Waals surface area contributed by atoms with Gasteiger partial charge in [0.1, 0.15) is 5.65 Å². The average molecular weight is 353 g/mol. The van der Waals surface area contributed by atoms with E-state index >= 15 is 0 Å². The molecule has 0 saturated carbocycles. The second-order valence-electron chi connectivity index (χ2n) is 6.02. The van der Waals surface area contributed by atoms with E-state index in [0.29, 0.717) is 23.4 Å². The highest BCUT2D eigenvalue weighted by Gasteiger charge is 2.25. The van der Waals surface area contributed by atoms with E-state index in [0.717, 1.165) is 5.56 Å². The van der Waals surface area contributed by atoms with Crippen molar-refractivity contribution >= 4 is 23.2 Å². The van der Waals surface area contributed by atoms with E-state index in [-0.39, 0.29) is 17.1 Å². The quantitative estimate of drug-likeness (QED) is 0.715. The maximum absolute atomic E-state index is 13.1.